The molecule has 7 heteroatoms. The van der Waals surface area contributed by atoms with Crippen LogP contribution >= 0.6 is 0 Å². The number of carbonyl (C=O) groups excluding carboxylic acids is 1. The van der Waals surface area contributed by atoms with Gasteiger partial charge in [-0.2, -0.15) is 0 Å². The third kappa shape index (κ3) is 1.95. The Balaban J connectivity index is 3.52. The first-order valence-corrected chi connectivity index (χ1v) is 3.80. The molecule has 0 amide bonds. The molecule has 82 valence electrons. The van der Waals surface area contributed by atoms with Crippen molar-refractivity contribution in [3.05, 3.63) is 27.7 Å². The summed E-state index contributed by atoms with van der Waals surface area (Å²) in [5, 5.41) is 9.16. The van der Waals surface area contributed by atoms with Crippen molar-refractivity contribution in [3.63, 3.8) is 0 Å². The van der Waals surface area contributed by atoms with Gasteiger partial charge in [-0.05, 0) is 0 Å². The maximum Gasteiger partial charge on any atom is 0.342 e. The van der Waals surface area contributed by atoms with Gasteiger partial charge in [0, 0.05) is 6.20 Å². The SMILES string of the molecule is COC(=O)c1c(O)c[nH]c(=O)c1C(F)F. The Morgan fingerprint density at radius 1 is 1.60 bits per heavy atom. The minimum atomic E-state index is -3.17. The second-order valence-corrected chi connectivity index (χ2v) is 2.58. The summed E-state index contributed by atoms with van der Waals surface area (Å²) in [4.78, 5) is 23.9. The van der Waals surface area contributed by atoms with Crippen LogP contribution in [0.3, 0.4) is 0 Å². The number of alkyl halides is 2. The van der Waals surface area contributed by atoms with E-state index in [0.29, 0.717) is 0 Å². The molecule has 0 spiro atoms. The van der Waals surface area contributed by atoms with Crippen LogP contribution in [0.25, 0.3) is 0 Å². The zero-order valence-corrected chi connectivity index (χ0v) is 7.58. The lowest BCUT2D eigenvalue weighted by Gasteiger charge is -2.07. The first-order chi connectivity index (χ1) is 6.99. The number of aromatic nitrogens is 1. The van der Waals surface area contributed by atoms with Gasteiger partial charge in [-0.1, -0.05) is 0 Å². The van der Waals surface area contributed by atoms with Crippen molar-refractivity contribution in [3.8, 4) is 5.75 Å². The Bertz CT molecular complexity index is 441. The summed E-state index contributed by atoms with van der Waals surface area (Å²) in [6.45, 7) is 0. The molecular weight excluding hydrogens is 212 g/mol. The Morgan fingerprint density at radius 2 is 2.20 bits per heavy atom. The summed E-state index contributed by atoms with van der Waals surface area (Å²) >= 11 is 0. The zero-order chi connectivity index (χ0) is 11.6. The maximum absolute atomic E-state index is 12.4. The lowest BCUT2D eigenvalue weighted by Crippen LogP contribution is -2.19. The van der Waals surface area contributed by atoms with E-state index in [9.17, 15) is 18.4 Å². The van der Waals surface area contributed by atoms with Gasteiger partial charge in [0.2, 0.25) is 0 Å². The number of carbonyl (C=O) groups is 1. The van der Waals surface area contributed by atoms with Crippen LogP contribution in [0.4, 0.5) is 8.78 Å². The van der Waals surface area contributed by atoms with Crippen LogP contribution in [-0.2, 0) is 4.74 Å². The fraction of sp³-hybridized carbons (Fsp3) is 0.250. The monoisotopic (exact) mass is 219 g/mol. The summed E-state index contributed by atoms with van der Waals surface area (Å²) in [7, 11) is 0.957. The van der Waals surface area contributed by atoms with E-state index in [1.54, 1.807) is 0 Å². The zero-order valence-electron chi connectivity index (χ0n) is 7.58. The second kappa shape index (κ2) is 4.07. The van der Waals surface area contributed by atoms with Gasteiger partial charge in [0.25, 0.3) is 12.0 Å². The van der Waals surface area contributed by atoms with Crippen LogP contribution in [0.2, 0.25) is 0 Å². The summed E-state index contributed by atoms with van der Waals surface area (Å²) < 4.78 is 29.0. The van der Waals surface area contributed by atoms with Crippen LogP contribution in [0.15, 0.2) is 11.0 Å². The fourth-order valence-corrected chi connectivity index (χ4v) is 1.06. The molecule has 0 atom stereocenters. The third-order valence-corrected chi connectivity index (χ3v) is 1.72. The van der Waals surface area contributed by atoms with Crippen molar-refractivity contribution in [2.24, 2.45) is 0 Å². The second-order valence-electron chi connectivity index (χ2n) is 2.58. The molecule has 0 aromatic carbocycles. The van der Waals surface area contributed by atoms with Crippen LogP contribution in [0.5, 0.6) is 5.75 Å². The number of ether oxygens (including phenoxy) is 1. The van der Waals surface area contributed by atoms with Crippen LogP contribution in [0.1, 0.15) is 22.3 Å². The van der Waals surface area contributed by atoms with Gasteiger partial charge >= 0.3 is 5.97 Å². The number of aromatic hydroxyl groups is 1. The highest BCUT2D eigenvalue weighted by molar-refractivity contribution is 5.93. The number of halogens is 2. The molecule has 0 radical (unpaired) electrons. The third-order valence-electron chi connectivity index (χ3n) is 1.72. The van der Waals surface area contributed by atoms with Crippen molar-refractivity contribution in [2.75, 3.05) is 7.11 Å². The van der Waals surface area contributed by atoms with E-state index in [2.05, 4.69) is 4.74 Å². The highest BCUT2D eigenvalue weighted by Crippen LogP contribution is 2.25. The van der Waals surface area contributed by atoms with Crippen molar-refractivity contribution >= 4 is 5.97 Å². The van der Waals surface area contributed by atoms with E-state index >= 15 is 0 Å². The Morgan fingerprint density at radius 3 is 2.67 bits per heavy atom. The number of nitrogens with one attached hydrogen (secondary N) is 1. The molecule has 0 aliphatic carbocycles. The highest BCUT2D eigenvalue weighted by Gasteiger charge is 2.26. The Hall–Kier alpha value is -1.92. The average Bonchev–Trinajstić information content (AvgIpc) is 2.19. The van der Waals surface area contributed by atoms with E-state index in [-0.39, 0.29) is 0 Å². The number of hydrogen-bond acceptors (Lipinski definition) is 4. The lowest BCUT2D eigenvalue weighted by atomic mass is 10.1. The van der Waals surface area contributed by atoms with Crippen molar-refractivity contribution in [1.82, 2.24) is 4.98 Å². The first kappa shape index (κ1) is 11.2. The molecule has 0 saturated carbocycles. The quantitative estimate of drug-likeness (QED) is 0.721. The van der Waals surface area contributed by atoms with Crippen molar-refractivity contribution in [1.29, 1.82) is 0 Å². The number of H-pyrrole nitrogens is 1. The largest absolute Gasteiger partial charge is 0.505 e. The number of pyridine rings is 1. The molecule has 0 unspecified atom stereocenters. The molecule has 5 nitrogen and oxygen atoms in total. The summed E-state index contributed by atoms with van der Waals surface area (Å²) in [5.74, 6) is -1.94. The summed E-state index contributed by atoms with van der Waals surface area (Å²) in [6.07, 6.45) is -2.42. The normalized spacial score (nSPS) is 10.4. The van der Waals surface area contributed by atoms with Crippen LogP contribution in [0, 0.1) is 0 Å². The number of esters is 1. The highest BCUT2D eigenvalue weighted by atomic mass is 19.3. The van der Waals surface area contributed by atoms with Gasteiger partial charge in [-0.3, -0.25) is 4.79 Å². The van der Waals surface area contributed by atoms with Gasteiger partial charge in [-0.25, -0.2) is 13.6 Å². The Kier molecular flexibility index (Phi) is 3.03. The maximum atomic E-state index is 12.4. The fourth-order valence-electron chi connectivity index (χ4n) is 1.06. The van der Waals surface area contributed by atoms with E-state index in [0.717, 1.165) is 13.3 Å². The summed E-state index contributed by atoms with van der Waals surface area (Å²) in [5.41, 5.74) is -3.04. The predicted octanol–water partition coefficient (Wildman–Crippen LogP) is 0.805. The summed E-state index contributed by atoms with van der Waals surface area (Å²) in [6, 6.07) is 0. The van der Waals surface area contributed by atoms with Gasteiger partial charge < -0.3 is 14.8 Å². The number of rotatable bonds is 2. The standard InChI is InChI=1S/C8H7F2NO4/c1-15-8(14)4-3(12)2-11-7(13)5(4)6(9)10/h2,6,12H,1H3,(H,11,13). The molecule has 0 aliphatic heterocycles. The molecule has 1 rings (SSSR count). The number of hydrogen-bond donors (Lipinski definition) is 2. The minimum Gasteiger partial charge on any atom is -0.505 e. The molecule has 0 fully saturated rings. The van der Waals surface area contributed by atoms with E-state index in [4.69, 9.17) is 5.11 Å². The smallest absolute Gasteiger partial charge is 0.342 e. The van der Waals surface area contributed by atoms with E-state index < -0.39 is 34.8 Å². The molecule has 1 aromatic heterocycles. The van der Waals surface area contributed by atoms with Crippen LogP contribution in [-0.4, -0.2) is 23.2 Å². The van der Waals surface area contributed by atoms with Gasteiger partial charge in [-0.15, -0.1) is 0 Å². The predicted molar refractivity (Wildman–Crippen MR) is 45.0 cm³/mol. The van der Waals surface area contributed by atoms with Crippen molar-refractivity contribution < 1.29 is 23.4 Å². The van der Waals surface area contributed by atoms with Crippen molar-refractivity contribution in [2.45, 2.75) is 6.43 Å². The molecule has 0 aliphatic rings. The first-order valence-electron chi connectivity index (χ1n) is 3.80. The van der Waals surface area contributed by atoms with Gasteiger partial charge in [0.1, 0.15) is 16.9 Å². The molecule has 0 bridgehead atoms. The number of methoxy groups -OCH3 is 1. The number of aromatic amines is 1. The van der Waals surface area contributed by atoms with E-state index in [1.165, 1.54) is 0 Å². The lowest BCUT2D eigenvalue weighted by molar-refractivity contribution is 0.0584. The average molecular weight is 219 g/mol. The van der Waals surface area contributed by atoms with Crippen LogP contribution < -0.4 is 5.56 Å². The Labute approximate surface area is 82.3 Å². The molecule has 2 N–H and O–H groups in total. The van der Waals surface area contributed by atoms with E-state index in [1.807, 2.05) is 4.98 Å². The molecule has 0 saturated heterocycles. The molecule has 1 heterocycles. The molecular formula is C8H7F2NO4. The topological polar surface area (TPSA) is 79.4 Å². The van der Waals surface area contributed by atoms with Gasteiger partial charge in [0.05, 0.1) is 7.11 Å². The molecule has 15 heavy (non-hydrogen) atoms. The minimum absolute atomic E-state index is 0.750. The molecule has 1 aromatic rings. The van der Waals surface area contributed by atoms with Gasteiger partial charge in [0.15, 0.2) is 0 Å².